The van der Waals surface area contributed by atoms with Gasteiger partial charge in [-0.3, -0.25) is 9.59 Å². The summed E-state index contributed by atoms with van der Waals surface area (Å²) < 4.78 is 24.0. The van der Waals surface area contributed by atoms with Crippen molar-refractivity contribution in [3.8, 4) is 0 Å². The topological polar surface area (TPSA) is 81.7 Å². The van der Waals surface area contributed by atoms with Crippen molar-refractivity contribution in [2.75, 3.05) is 25.2 Å². The second kappa shape index (κ2) is 10.3. The number of nitrogens with one attached hydrogen (secondary N) is 1. The molecular formula is C24H28FNO5S. The first-order chi connectivity index (χ1) is 15.3. The van der Waals surface area contributed by atoms with Crippen LogP contribution in [0, 0.1) is 17.7 Å². The van der Waals surface area contributed by atoms with Crippen molar-refractivity contribution in [3.05, 3.63) is 58.2 Å². The number of dihydropyridines is 1. The fraction of sp³-hybridized carbons (Fsp3) is 0.458. The summed E-state index contributed by atoms with van der Waals surface area (Å²) in [4.78, 5) is 39.0. The van der Waals surface area contributed by atoms with E-state index in [-0.39, 0.29) is 18.3 Å². The van der Waals surface area contributed by atoms with Gasteiger partial charge in [-0.05, 0) is 42.7 Å². The average Bonchev–Trinajstić information content (AvgIpc) is 2.76. The highest BCUT2D eigenvalue weighted by atomic mass is 32.2. The van der Waals surface area contributed by atoms with Crippen molar-refractivity contribution < 1.29 is 28.2 Å². The van der Waals surface area contributed by atoms with Crippen molar-refractivity contribution in [3.63, 3.8) is 0 Å². The van der Waals surface area contributed by atoms with Gasteiger partial charge in [-0.25, -0.2) is 9.18 Å². The van der Waals surface area contributed by atoms with Crippen molar-refractivity contribution >= 4 is 29.5 Å². The van der Waals surface area contributed by atoms with Crippen molar-refractivity contribution in [1.29, 1.82) is 0 Å². The molecule has 0 aromatic heterocycles. The number of ether oxygens (including phenoxy) is 2. The Labute approximate surface area is 191 Å². The molecule has 1 heterocycles. The van der Waals surface area contributed by atoms with Crippen LogP contribution in [-0.2, 0) is 23.9 Å². The van der Waals surface area contributed by atoms with Crippen LogP contribution in [0.15, 0.2) is 46.8 Å². The summed E-state index contributed by atoms with van der Waals surface area (Å²) in [7, 11) is 1.25. The Bertz CT molecular complexity index is 969. The van der Waals surface area contributed by atoms with Crippen molar-refractivity contribution in [2.45, 2.75) is 33.1 Å². The molecule has 1 aliphatic carbocycles. The lowest BCUT2D eigenvalue weighted by atomic mass is 9.69. The molecule has 0 saturated carbocycles. The van der Waals surface area contributed by atoms with Gasteiger partial charge < -0.3 is 14.8 Å². The van der Waals surface area contributed by atoms with Crippen LogP contribution in [0.5, 0.6) is 0 Å². The predicted octanol–water partition coefficient (Wildman–Crippen LogP) is 3.74. The van der Waals surface area contributed by atoms with E-state index in [1.54, 1.807) is 30.8 Å². The number of benzene rings is 1. The zero-order chi connectivity index (χ0) is 23.4. The molecule has 0 amide bonds. The van der Waals surface area contributed by atoms with Crippen molar-refractivity contribution in [2.24, 2.45) is 11.8 Å². The molecule has 32 heavy (non-hydrogen) atoms. The van der Waals surface area contributed by atoms with Crippen LogP contribution in [0.3, 0.4) is 0 Å². The molecule has 1 aromatic rings. The van der Waals surface area contributed by atoms with Gasteiger partial charge in [-0.15, -0.1) is 0 Å². The van der Waals surface area contributed by atoms with Crippen LogP contribution in [-0.4, -0.2) is 42.9 Å². The summed E-state index contributed by atoms with van der Waals surface area (Å²) in [5.41, 5.74) is 2.48. The fourth-order valence-corrected chi connectivity index (χ4v) is 4.84. The Hall–Kier alpha value is -2.61. The number of carbonyl (C=O) groups excluding carboxylic acids is 3. The number of Topliss-reactive ketones (excluding diaryl/α,β-unsaturated/α-hetero) is 1. The first-order valence-electron chi connectivity index (χ1n) is 10.6. The molecule has 0 spiro atoms. The zero-order valence-corrected chi connectivity index (χ0v) is 19.5. The average molecular weight is 462 g/mol. The normalized spacial score (nSPS) is 22.9. The van der Waals surface area contributed by atoms with E-state index in [9.17, 15) is 18.8 Å². The number of rotatable bonds is 7. The molecule has 6 nitrogen and oxygen atoms in total. The Kier molecular flexibility index (Phi) is 7.77. The Morgan fingerprint density at radius 3 is 2.56 bits per heavy atom. The van der Waals surface area contributed by atoms with E-state index >= 15 is 0 Å². The largest absolute Gasteiger partial charge is 0.468 e. The lowest BCUT2D eigenvalue weighted by Crippen LogP contribution is -2.43. The maximum Gasteiger partial charge on any atom is 0.336 e. The third kappa shape index (κ3) is 4.75. The first kappa shape index (κ1) is 24.0. The number of esters is 2. The van der Waals surface area contributed by atoms with Crippen LogP contribution in [0.1, 0.15) is 38.7 Å². The second-order valence-corrected chi connectivity index (χ2v) is 9.31. The number of halogens is 1. The Morgan fingerprint density at radius 1 is 1.25 bits per heavy atom. The second-order valence-electron chi connectivity index (χ2n) is 7.92. The van der Waals surface area contributed by atoms with Gasteiger partial charge in [0.15, 0.2) is 5.78 Å². The van der Waals surface area contributed by atoms with E-state index in [1.165, 1.54) is 19.2 Å². The lowest BCUT2D eigenvalue weighted by molar-refractivity contribution is -0.151. The summed E-state index contributed by atoms with van der Waals surface area (Å²) in [6.07, 6.45) is 0.450. The van der Waals surface area contributed by atoms with Crippen molar-refractivity contribution in [1.82, 2.24) is 5.32 Å². The molecule has 3 rings (SSSR count). The quantitative estimate of drug-likeness (QED) is 0.376. The van der Waals surface area contributed by atoms with E-state index < -0.39 is 29.6 Å². The van der Waals surface area contributed by atoms with Gasteiger partial charge in [0.1, 0.15) is 18.3 Å². The molecule has 1 aromatic carbocycles. The summed E-state index contributed by atoms with van der Waals surface area (Å²) >= 11 is 1.66. The molecule has 0 bridgehead atoms. The van der Waals surface area contributed by atoms with Gasteiger partial charge in [0.25, 0.3) is 0 Å². The minimum Gasteiger partial charge on any atom is -0.468 e. The molecule has 0 unspecified atom stereocenters. The number of hydrogen-bond acceptors (Lipinski definition) is 7. The maximum atomic E-state index is 13.6. The van der Waals surface area contributed by atoms with Crippen LogP contribution in [0.4, 0.5) is 4.39 Å². The molecule has 0 saturated heterocycles. The van der Waals surface area contributed by atoms with E-state index in [0.29, 0.717) is 40.3 Å². The summed E-state index contributed by atoms with van der Waals surface area (Å²) in [5, 5.41) is 3.21. The fourth-order valence-electron chi connectivity index (χ4n) is 4.36. The molecule has 1 N–H and O–H groups in total. The smallest absolute Gasteiger partial charge is 0.336 e. The molecule has 0 radical (unpaired) electrons. The molecule has 0 fully saturated rings. The van der Waals surface area contributed by atoms with Gasteiger partial charge >= 0.3 is 11.9 Å². The summed E-state index contributed by atoms with van der Waals surface area (Å²) in [6.45, 7) is 5.85. The molecule has 8 heteroatoms. The summed E-state index contributed by atoms with van der Waals surface area (Å²) in [5.74, 6) is -2.34. The van der Waals surface area contributed by atoms with Crippen LogP contribution in [0.25, 0.3) is 0 Å². The van der Waals surface area contributed by atoms with E-state index in [4.69, 9.17) is 9.47 Å². The van der Waals surface area contributed by atoms with Gasteiger partial charge in [0, 0.05) is 28.6 Å². The minimum absolute atomic E-state index is 0.242. The third-order valence-electron chi connectivity index (χ3n) is 5.83. The van der Waals surface area contributed by atoms with E-state index in [0.717, 1.165) is 5.75 Å². The Balaban J connectivity index is 2.06. The zero-order valence-electron chi connectivity index (χ0n) is 18.7. The van der Waals surface area contributed by atoms with Crippen LogP contribution in [0.2, 0.25) is 0 Å². The number of allylic oxidation sites excluding steroid dienone is 3. The number of thioether (sulfide) groups is 1. The molecule has 3 atom stereocenters. The minimum atomic E-state index is -0.958. The third-order valence-corrected chi connectivity index (χ3v) is 6.69. The van der Waals surface area contributed by atoms with E-state index in [2.05, 4.69) is 5.32 Å². The van der Waals surface area contributed by atoms with Gasteiger partial charge in [-0.2, -0.15) is 11.8 Å². The molecule has 1 aliphatic heterocycles. The summed E-state index contributed by atoms with van der Waals surface area (Å²) in [6, 6.07) is 5.70. The highest BCUT2D eigenvalue weighted by molar-refractivity contribution is 7.99. The SMILES string of the molecule is CCSCCOC(=O)C1=C(C)NC2=C(C(=O)[C@@H](C(=O)OC)[C@@H](C)C2)[C@@H]1c1ccc(F)cc1. The van der Waals surface area contributed by atoms with Crippen LogP contribution < -0.4 is 5.32 Å². The van der Waals surface area contributed by atoms with Crippen LogP contribution >= 0.6 is 11.8 Å². The monoisotopic (exact) mass is 461 g/mol. The number of hydrogen-bond donors (Lipinski definition) is 1. The van der Waals surface area contributed by atoms with Gasteiger partial charge in [-0.1, -0.05) is 26.0 Å². The Morgan fingerprint density at radius 2 is 1.94 bits per heavy atom. The highest BCUT2D eigenvalue weighted by Crippen LogP contribution is 2.45. The lowest BCUT2D eigenvalue weighted by Gasteiger charge is -2.38. The molecule has 2 aliphatic rings. The van der Waals surface area contributed by atoms with Gasteiger partial charge in [0.05, 0.1) is 12.7 Å². The molecule has 172 valence electrons. The standard InChI is InChI=1S/C24H28FNO5S/c1-5-32-11-10-31-24(29)19-14(3)26-17-12-13(2)18(23(28)30-4)22(27)21(17)20(19)15-6-8-16(25)9-7-15/h6-9,13,18,20,26H,5,10-12H2,1-4H3/t13-,18-,20+/m0/s1. The number of methoxy groups -OCH3 is 1. The van der Waals surface area contributed by atoms with Gasteiger partial charge in [0.2, 0.25) is 0 Å². The maximum absolute atomic E-state index is 13.6. The highest BCUT2D eigenvalue weighted by Gasteiger charge is 2.47. The first-order valence-corrected chi connectivity index (χ1v) is 11.8. The number of ketones is 1. The number of carbonyl (C=O) groups is 3. The van der Waals surface area contributed by atoms with E-state index in [1.807, 2.05) is 13.8 Å². The predicted molar refractivity (Wildman–Crippen MR) is 120 cm³/mol. The molecular weight excluding hydrogens is 433 g/mol.